The number of aryl methyl sites for hydroxylation is 3. The van der Waals surface area contributed by atoms with E-state index in [-0.39, 0.29) is 28.4 Å². The topological polar surface area (TPSA) is 150 Å². The van der Waals surface area contributed by atoms with E-state index in [4.69, 9.17) is 16.3 Å². The molecule has 0 fully saturated rings. The van der Waals surface area contributed by atoms with Crippen molar-refractivity contribution < 1.29 is 36.3 Å². The molecule has 4 aromatic rings. The lowest BCUT2D eigenvalue weighted by atomic mass is 10.0. The maximum absolute atomic E-state index is 14.2. The lowest BCUT2D eigenvalue weighted by Gasteiger charge is -2.31. The summed E-state index contributed by atoms with van der Waals surface area (Å²) in [5.41, 5.74) is 3.33. The van der Waals surface area contributed by atoms with E-state index in [0.717, 1.165) is 9.87 Å². The third kappa shape index (κ3) is 6.84. The second kappa shape index (κ2) is 13.5. The Labute approximate surface area is 284 Å². The lowest BCUT2D eigenvalue weighted by molar-refractivity contribution is -0.135. The minimum absolute atomic E-state index is 0.0165. The third-order valence-electron chi connectivity index (χ3n) is 8.07. The monoisotopic (exact) mass is 711 g/mol. The quantitative estimate of drug-likeness (QED) is 0.215. The maximum Gasteiger partial charge on any atom is 0.324 e. The number of nitrogens with zero attached hydrogens (tertiary/aromatic N) is 2. The molecule has 1 atom stereocenters. The van der Waals surface area contributed by atoms with Gasteiger partial charge in [-0.3, -0.25) is 13.9 Å². The molecule has 1 heterocycles. The van der Waals surface area contributed by atoms with Gasteiger partial charge >= 0.3 is 5.97 Å². The Kier molecular flexibility index (Phi) is 9.77. The number of aliphatic carboxylic acids is 1. The number of sulfonamides is 2. The molecule has 14 heteroatoms. The number of methoxy groups -OCH3 is 1. The van der Waals surface area contributed by atoms with Crippen LogP contribution in [0.2, 0.25) is 5.02 Å². The molecule has 0 aliphatic carbocycles. The van der Waals surface area contributed by atoms with Crippen molar-refractivity contribution in [1.29, 1.82) is 0 Å². The summed E-state index contributed by atoms with van der Waals surface area (Å²) in [5, 5.41) is 10.2. The van der Waals surface area contributed by atoms with Crippen molar-refractivity contribution in [1.82, 2.24) is 4.72 Å². The van der Waals surface area contributed by atoms with Crippen LogP contribution in [0.15, 0.2) is 88.7 Å². The highest BCUT2D eigenvalue weighted by Gasteiger charge is 2.38. The van der Waals surface area contributed by atoms with Crippen LogP contribution in [-0.4, -0.2) is 54.0 Å². The van der Waals surface area contributed by atoms with Crippen molar-refractivity contribution in [3.05, 3.63) is 112 Å². The molecule has 2 N–H and O–H groups in total. The van der Waals surface area contributed by atoms with Gasteiger partial charge in [-0.1, -0.05) is 47.5 Å². The SMILES string of the molecule is COc1cccc(C(C(=O)NS(=O)(=O)c2ccc(Cl)cc2)N2CCc3c2cccc3N(CC(=O)O)S(=O)(=O)c2c(C)cc(C)cc2C)c1. The molecule has 0 saturated heterocycles. The summed E-state index contributed by atoms with van der Waals surface area (Å²) < 4.78 is 63.5. The number of carboxylic acid groups (broad SMARTS) is 1. The normalized spacial score (nSPS) is 13.5. The molecule has 11 nitrogen and oxygen atoms in total. The van der Waals surface area contributed by atoms with Crippen molar-refractivity contribution in [2.45, 2.75) is 43.0 Å². The molecule has 4 aromatic carbocycles. The Bertz CT molecular complexity index is 2100. The fourth-order valence-corrected chi connectivity index (χ4v) is 9.17. The number of carboxylic acids is 1. The number of carbonyl (C=O) groups excluding carboxylic acids is 1. The first kappa shape index (κ1) is 34.7. The van der Waals surface area contributed by atoms with Crippen LogP contribution in [0.1, 0.15) is 33.9 Å². The molecule has 5 rings (SSSR count). The molecule has 0 radical (unpaired) electrons. The fourth-order valence-electron chi connectivity index (χ4n) is 6.19. The minimum Gasteiger partial charge on any atom is -0.497 e. The van der Waals surface area contributed by atoms with E-state index in [1.807, 2.05) is 6.92 Å². The molecule has 1 aliphatic heterocycles. The Hall–Kier alpha value is -4.59. The van der Waals surface area contributed by atoms with Crippen molar-refractivity contribution in [3.8, 4) is 5.75 Å². The van der Waals surface area contributed by atoms with E-state index in [9.17, 15) is 31.5 Å². The molecule has 1 aliphatic rings. The first-order valence-corrected chi connectivity index (χ1v) is 18.1. The lowest BCUT2D eigenvalue weighted by Crippen LogP contribution is -2.42. The molecule has 48 heavy (non-hydrogen) atoms. The maximum atomic E-state index is 14.2. The van der Waals surface area contributed by atoms with E-state index in [0.29, 0.717) is 38.7 Å². The molecule has 1 unspecified atom stereocenters. The van der Waals surface area contributed by atoms with E-state index in [2.05, 4.69) is 4.72 Å². The van der Waals surface area contributed by atoms with Gasteiger partial charge in [-0.05, 0) is 92.4 Å². The Morgan fingerprint density at radius 2 is 1.60 bits per heavy atom. The number of benzene rings is 4. The zero-order valence-corrected chi connectivity index (χ0v) is 29.0. The van der Waals surface area contributed by atoms with Gasteiger partial charge in [0, 0.05) is 22.8 Å². The van der Waals surface area contributed by atoms with Crippen LogP contribution < -0.4 is 18.7 Å². The highest BCUT2D eigenvalue weighted by Crippen LogP contribution is 2.42. The highest BCUT2D eigenvalue weighted by molar-refractivity contribution is 7.93. The molecule has 0 bridgehead atoms. The molecular formula is C34H34ClN3O8S2. The van der Waals surface area contributed by atoms with Crippen LogP contribution >= 0.6 is 11.6 Å². The number of rotatable bonds is 11. The zero-order valence-electron chi connectivity index (χ0n) is 26.6. The van der Waals surface area contributed by atoms with Crippen LogP contribution in [0.3, 0.4) is 0 Å². The number of fused-ring (bicyclic) bond motifs is 1. The highest BCUT2D eigenvalue weighted by atomic mass is 35.5. The first-order chi connectivity index (χ1) is 22.6. The number of hydrogen-bond acceptors (Lipinski definition) is 8. The van der Waals surface area contributed by atoms with Crippen molar-refractivity contribution >= 4 is 54.9 Å². The van der Waals surface area contributed by atoms with Gasteiger partial charge < -0.3 is 14.7 Å². The molecule has 0 spiro atoms. The number of nitrogens with one attached hydrogen (secondary N) is 1. The molecule has 0 saturated carbocycles. The largest absolute Gasteiger partial charge is 0.497 e. The fraction of sp³-hybridized carbons (Fsp3) is 0.235. The standard InChI is InChI=1S/C34H34ClN3O8S2/c1-21-17-22(2)33(23(3)18-21)48(44,45)38(20-31(39)40)30-10-6-9-29-28(30)15-16-37(29)32(24-7-5-8-26(19-24)46-4)34(41)36-47(42,43)27-13-11-25(35)12-14-27/h5-14,17-19,32H,15-16,20H2,1-4H3,(H,36,41)(H,39,40). The zero-order chi connectivity index (χ0) is 35.0. The van der Waals surface area contributed by atoms with Crippen molar-refractivity contribution in [2.24, 2.45) is 0 Å². The van der Waals surface area contributed by atoms with Crippen LogP contribution in [0.25, 0.3) is 0 Å². The number of carbonyl (C=O) groups is 2. The van der Waals surface area contributed by atoms with Crippen molar-refractivity contribution in [2.75, 3.05) is 29.4 Å². The molecule has 252 valence electrons. The van der Waals surface area contributed by atoms with Crippen LogP contribution in [0, 0.1) is 20.8 Å². The third-order valence-corrected chi connectivity index (χ3v) is 11.7. The average molecular weight is 712 g/mol. The number of anilines is 2. The minimum atomic E-state index is -4.37. The number of hydrogen-bond donors (Lipinski definition) is 2. The number of amides is 1. The second-order valence-electron chi connectivity index (χ2n) is 11.5. The van der Waals surface area contributed by atoms with Crippen LogP contribution in [0.5, 0.6) is 5.75 Å². The summed E-state index contributed by atoms with van der Waals surface area (Å²) in [7, 11) is -7.23. The number of halogens is 1. The van der Waals surface area contributed by atoms with E-state index in [1.165, 1.54) is 37.4 Å². The summed E-state index contributed by atoms with van der Waals surface area (Å²) in [6.45, 7) is 4.52. The van der Waals surface area contributed by atoms with Gasteiger partial charge in [-0.15, -0.1) is 0 Å². The predicted octanol–water partition coefficient (Wildman–Crippen LogP) is 5.16. The van der Waals surface area contributed by atoms with Gasteiger partial charge in [0.25, 0.3) is 26.0 Å². The molecule has 1 amide bonds. The Morgan fingerprint density at radius 1 is 0.958 bits per heavy atom. The van der Waals surface area contributed by atoms with Gasteiger partial charge in [-0.25, -0.2) is 21.6 Å². The second-order valence-corrected chi connectivity index (χ2v) is 15.4. The predicted molar refractivity (Wildman–Crippen MR) is 183 cm³/mol. The average Bonchev–Trinajstić information content (AvgIpc) is 3.43. The summed E-state index contributed by atoms with van der Waals surface area (Å²) in [4.78, 5) is 27.7. The smallest absolute Gasteiger partial charge is 0.324 e. The molecule has 0 aromatic heterocycles. The number of ether oxygens (including phenoxy) is 1. The van der Waals surface area contributed by atoms with Gasteiger partial charge in [0.1, 0.15) is 18.3 Å². The first-order valence-electron chi connectivity index (χ1n) is 14.8. The van der Waals surface area contributed by atoms with Gasteiger partial charge in [-0.2, -0.15) is 0 Å². The van der Waals surface area contributed by atoms with E-state index < -0.39 is 44.5 Å². The summed E-state index contributed by atoms with van der Waals surface area (Å²) >= 11 is 5.93. The Balaban J connectivity index is 1.62. The molecular weight excluding hydrogens is 678 g/mol. The van der Waals surface area contributed by atoms with E-state index in [1.54, 1.807) is 67.3 Å². The summed E-state index contributed by atoms with van der Waals surface area (Å²) in [6.07, 6.45) is 0.237. The van der Waals surface area contributed by atoms with Crippen molar-refractivity contribution in [3.63, 3.8) is 0 Å². The van der Waals surface area contributed by atoms with Crippen LogP contribution in [0.4, 0.5) is 11.4 Å². The van der Waals surface area contributed by atoms with Gasteiger partial charge in [0.15, 0.2) is 0 Å². The summed E-state index contributed by atoms with van der Waals surface area (Å²) in [5.74, 6) is -1.78. The van der Waals surface area contributed by atoms with Crippen LogP contribution in [-0.2, 0) is 36.1 Å². The Morgan fingerprint density at radius 3 is 2.23 bits per heavy atom. The van der Waals surface area contributed by atoms with E-state index >= 15 is 0 Å². The summed E-state index contributed by atoms with van der Waals surface area (Å²) in [6, 6.07) is 19.0. The van der Waals surface area contributed by atoms with Gasteiger partial charge in [0.2, 0.25) is 0 Å². The van der Waals surface area contributed by atoms with Gasteiger partial charge in [0.05, 0.1) is 22.6 Å².